The van der Waals surface area contributed by atoms with Crippen LogP contribution in [-0.2, 0) is 4.74 Å². The number of aromatic nitrogens is 2. The summed E-state index contributed by atoms with van der Waals surface area (Å²) in [6.07, 6.45) is -0.649. The molecule has 0 saturated carbocycles. The average Bonchev–Trinajstić information content (AvgIpc) is 2.59. The van der Waals surface area contributed by atoms with E-state index in [2.05, 4.69) is 4.98 Å². The van der Waals surface area contributed by atoms with Crippen LogP contribution in [0.25, 0.3) is 0 Å². The fourth-order valence-electron chi connectivity index (χ4n) is 1.70. The molecule has 1 aromatic heterocycles. The summed E-state index contributed by atoms with van der Waals surface area (Å²) in [5.41, 5.74) is -1.08. The van der Waals surface area contributed by atoms with Gasteiger partial charge in [-0.25, -0.2) is 4.79 Å². The minimum atomic E-state index is -0.811. The second-order valence-corrected chi connectivity index (χ2v) is 3.63. The molecule has 2 heterocycles. The Hall–Kier alpha value is -0.960. The molecule has 1 aliphatic heterocycles. The number of rotatable bonds is 2. The van der Waals surface area contributed by atoms with E-state index in [1.165, 1.54) is 16.8 Å². The molecule has 1 unspecified atom stereocenters. The highest BCUT2D eigenvalue weighted by Crippen LogP contribution is 2.26. The summed E-state index contributed by atoms with van der Waals surface area (Å²) in [5.74, 6) is 0. The molecule has 7 nitrogen and oxygen atoms in total. The van der Waals surface area contributed by atoms with E-state index < -0.39 is 29.7 Å². The molecule has 0 spiro atoms. The molecule has 17 heavy (non-hydrogen) atoms. The maximum Gasteiger partial charge on any atom is 0.330 e. The second kappa shape index (κ2) is 5.58. The zero-order chi connectivity index (χ0) is 11.7. The van der Waals surface area contributed by atoms with Gasteiger partial charge in [-0.2, -0.15) is 0 Å². The van der Waals surface area contributed by atoms with Crippen LogP contribution < -0.4 is 11.2 Å². The van der Waals surface area contributed by atoms with Crippen LogP contribution >= 0.6 is 17.0 Å². The highest BCUT2D eigenvalue weighted by Gasteiger charge is 2.34. The molecule has 2 rings (SSSR count). The van der Waals surface area contributed by atoms with Crippen molar-refractivity contribution in [2.75, 3.05) is 6.61 Å². The molecular weight excluding hydrogens is 296 g/mol. The van der Waals surface area contributed by atoms with Crippen molar-refractivity contribution in [1.82, 2.24) is 9.55 Å². The standard InChI is InChI=1S/C9H12N2O5.BrH/c12-4-6-5(13)3-8(16-6)11-2-1-7(14)10-9(11)15;/h1-2,5-6,8,12-13H,3-4H2,(H,10,14,15);1H/t5-,6+,8?;/m0./s1. The molecule has 96 valence electrons. The van der Waals surface area contributed by atoms with Crippen LogP contribution in [0.1, 0.15) is 12.6 Å². The normalized spacial score (nSPS) is 27.8. The number of ether oxygens (including phenoxy) is 1. The maximum atomic E-state index is 11.4. The average molecular weight is 309 g/mol. The third-order valence-electron chi connectivity index (χ3n) is 2.55. The smallest absolute Gasteiger partial charge is 0.330 e. The molecule has 1 aliphatic rings. The minimum absolute atomic E-state index is 0. The highest BCUT2D eigenvalue weighted by molar-refractivity contribution is 8.93. The number of hydrogen-bond donors (Lipinski definition) is 3. The van der Waals surface area contributed by atoms with E-state index in [0.717, 1.165) is 0 Å². The van der Waals surface area contributed by atoms with Gasteiger partial charge in [0.05, 0.1) is 12.7 Å². The van der Waals surface area contributed by atoms with Gasteiger partial charge in [0.25, 0.3) is 5.56 Å². The van der Waals surface area contributed by atoms with Gasteiger partial charge >= 0.3 is 5.69 Å². The van der Waals surface area contributed by atoms with Gasteiger partial charge in [0.15, 0.2) is 0 Å². The lowest BCUT2D eigenvalue weighted by Crippen LogP contribution is -2.31. The van der Waals surface area contributed by atoms with Crippen LogP contribution in [0, 0.1) is 0 Å². The Morgan fingerprint density at radius 3 is 2.76 bits per heavy atom. The molecule has 0 radical (unpaired) electrons. The van der Waals surface area contributed by atoms with Gasteiger partial charge in [-0.05, 0) is 0 Å². The van der Waals surface area contributed by atoms with E-state index in [0.29, 0.717) is 0 Å². The first-order chi connectivity index (χ1) is 7.61. The first kappa shape index (κ1) is 14.1. The van der Waals surface area contributed by atoms with Crippen molar-refractivity contribution in [2.24, 2.45) is 0 Å². The summed E-state index contributed by atoms with van der Waals surface area (Å²) in [6.45, 7) is -0.310. The zero-order valence-corrected chi connectivity index (χ0v) is 10.5. The number of aromatic amines is 1. The van der Waals surface area contributed by atoms with E-state index in [-0.39, 0.29) is 30.0 Å². The van der Waals surface area contributed by atoms with Gasteiger partial charge < -0.3 is 14.9 Å². The molecular formula is C9H13BrN2O5. The van der Waals surface area contributed by atoms with Crippen LogP contribution in [0.3, 0.4) is 0 Å². The summed E-state index contributed by atoms with van der Waals surface area (Å²) >= 11 is 0. The van der Waals surface area contributed by atoms with Crippen molar-refractivity contribution in [3.05, 3.63) is 33.1 Å². The van der Waals surface area contributed by atoms with Crippen LogP contribution in [0.4, 0.5) is 0 Å². The first-order valence-corrected chi connectivity index (χ1v) is 4.87. The minimum Gasteiger partial charge on any atom is -0.394 e. The Balaban J connectivity index is 0.00000144. The van der Waals surface area contributed by atoms with Gasteiger partial charge in [0, 0.05) is 18.7 Å². The highest BCUT2D eigenvalue weighted by atomic mass is 79.9. The lowest BCUT2D eigenvalue weighted by molar-refractivity contribution is -0.0459. The number of nitrogens with one attached hydrogen (secondary N) is 1. The van der Waals surface area contributed by atoms with Gasteiger partial charge in [-0.1, -0.05) is 0 Å². The summed E-state index contributed by atoms with van der Waals surface area (Å²) in [7, 11) is 0. The summed E-state index contributed by atoms with van der Waals surface area (Å²) < 4.78 is 6.45. The van der Waals surface area contributed by atoms with Gasteiger partial charge in [0.2, 0.25) is 0 Å². The van der Waals surface area contributed by atoms with E-state index >= 15 is 0 Å². The Bertz CT molecular complexity index is 485. The quantitative estimate of drug-likeness (QED) is 0.633. The Kier molecular flexibility index (Phi) is 4.63. The molecule has 0 amide bonds. The third kappa shape index (κ3) is 2.83. The molecule has 0 aliphatic carbocycles. The van der Waals surface area contributed by atoms with Crippen molar-refractivity contribution < 1.29 is 14.9 Å². The maximum absolute atomic E-state index is 11.4. The van der Waals surface area contributed by atoms with Gasteiger partial charge in [0.1, 0.15) is 12.3 Å². The van der Waals surface area contributed by atoms with Crippen molar-refractivity contribution >= 4 is 17.0 Å². The monoisotopic (exact) mass is 308 g/mol. The van der Waals surface area contributed by atoms with Crippen LogP contribution in [-0.4, -0.2) is 38.6 Å². The second-order valence-electron chi connectivity index (χ2n) is 3.63. The third-order valence-corrected chi connectivity index (χ3v) is 2.55. The summed E-state index contributed by atoms with van der Waals surface area (Å²) in [5, 5.41) is 18.4. The summed E-state index contributed by atoms with van der Waals surface area (Å²) in [4.78, 5) is 24.3. The van der Waals surface area contributed by atoms with Gasteiger partial charge in [-0.15, -0.1) is 17.0 Å². The molecule has 1 aromatic rings. The molecule has 3 N–H and O–H groups in total. The van der Waals surface area contributed by atoms with E-state index in [1.807, 2.05) is 0 Å². The molecule has 0 bridgehead atoms. The number of aliphatic hydroxyl groups is 2. The molecule has 1 saturated heterocycles. The number of nitrogens with zero attached hydrogens (tertiary/aromatic N) is 1. The predicted molar refractivity (Wildman–Crippen MR) is 63.3 cm³/mol. The van der Waals surface area contributed by atoms with E-state index in [4.69, 9.17) is 9.84 Å². The van der Waals surface area contributed by atoms with Gasteiger partial charge in [-0.3, -0.25) is 14.3 Å². The van der Waals surface area contributed by atoms with Crippen LogP contribution in [0.15, 0.2) is 21.9 Å². The van der Waals surface area contributed by atoms with Crippen molar-refractivity contribution in [2.45, 2.75) is 24.9 Å². The predicted octanol–water partition coefficient (Wildman–Crippen LogP) is -1.24. The van der Waals surface area contributed by atoms with Crippen molar-refractivity contribution in [3.63, 3.8) is 0 Å². The van der Waals surface area contributed by atoms with E-state index in [9.17, 15) is 14.7 Å². The molecule has 1 fully saturated rings. The Morgan fingerprint density at radius 2 is 2.24 bits per heavy atom. The fraction of sp³-hybridized carbons (Fsp3) is 0.556. The Morgan fingerprint density at radius 1 is 1.53 bits per heavy atom. The fourth-order valence-corrected chi connectivity index (χ4v) is 1.70. The number of aliphatic hydroxyl groups excluding tert-OH is 2. The van der Waals surface area contributed by atoms with Crippen LogP contribution in [0.2, 0.25) is 0 Å². The van der Waals surface area contributed by atoms with Crippen LogP contribution in [0.5, 0.6) is 0 Å². The van der Waals surface area contributed by atoms with Crippen molar-refractivity contribution in [1.29, 1.82) is 0 Å². The lowest BCUT2D eigenvalue weighted by atomic mass is 10.2. The lowest BCUT2D eigenvalue weighted by Gasteiger charge is -2.13. The summed E-state index contributed by atoms with van der Waals surface area (Å²) in [6, 6.07) is 1.20. The number of H-pyrrole nitrogens is 1. The first-order valence-electron chi connectivity index (χ1n) is 4.87. The number of hydrogen-bond acceptors (Lipinski definition) is 5. The SMILES string of the molecule is Br.O=c1ccn(C2C[C@H](O)[C@@H](CO)O2)c(=O)[nH]1. The van der Waals surface area contributed by atoms with E-state index in [1.54, 1.807) is 0 Å². The topological polar surface area (TPSA) is 105 Å². The number of halogens is 1. The zero-order valence-electron chi connectivity index (χ0n) is 8.78. The molecule has 8 heteroatoms. The molecule has 0 aromatic carbocycles. The molecule has 3 atom stereocenters. The van der Waals surface area contributed by atoms with Crippen molar-refractivity contribution in [3.8, 4) is 0 Å². The Labute approximate surface area is 106 Å². The largest absolute Gasteiger partial charge is 0.394 e.